The Labute approximate surface area is 190 Å². The molecule has 4 rings (SSSR count). The molecular weight excluding hydrogens is 434 g/mol. The van der Waals surface area contributed by atoms with Crippen LogP contribution in [-0.2, 0) is 0 Å². The molecule has 1 fully saturated rings. The number of halogens is 1. The van der Waals surface area contributed by atoms with E-state index < -0.39 is 0 Å². The topological polar surface area (TPSA) is 95.1 Å². The van der Waals surface area contributed by atoms with Crippen LogP contribution in [-0.4, -0.2) is 51.9 Å². The van der Waals surface area contributed by atoms with Gasteiger partial charge in [0.2, 0.25) is 0 Å². The van der Waals surface area contributed by atoms with Crippen LogP contribution in [0.4, 0.5) is 22.5 Å². The number of nitrogens with zero attached hydrogens (tertiary/aromatic N) is 4. The second-order valence-corrected chi connectivity index (χ2v) is 8.74. The standard InChI is InChI=1S/C21H24ClN7OS/c1-14-5-4-6-15(22)19(14)28-20(30)16-12-24-21(31-16)27-18-11-17(25-13-26-18)23-7-10-29-8-2-3-9-29/h4-6,11-13H,2-3,7-10H2,1H3,(H,28,30)(H2,23,24,25,26,27). The van der Waals surface area contributed by atoms with E-state index in [4.69, 9.17) is 11.6 Å². The first-order chi connectivity index (χ1) is 15.1. The molecule has 1 amide bonds. The van der Waals surface area contributed by atoms with E-state index in [9.17, 15) is 4.79 Å². The monoisotopic (exact) mass is 457 g/mol. The van der Waals surface area contributed by atoms with Gasteiger partial charge in [0, 0.05) is 19.2 Å². The van der Waals surface area contributed by atoms with E-state index in [1.165, 1.54) is 49.8 Å². The summed E-state index contributed by atoms with van der Waals surface area (Å²) in [5, 5.41) is 10.4. The lowest BCUT2D eigenvalue weighted by Gasteiger charge is -2.15. The number of anilines is 4. The van der Waals surface area contributed by atoms with Crippen molar-refractivity contribution in [3.05, 3.63) is 52.3 Å². The van der Waals surface area contributed by atoms with Crippen molar-refractivity contribution in [2.75, 3.05) is 42.1 Å². The molecule has 10 heteroatoms. The summed E-state index contributed by atoms with van der Waals surface area (Å²) in [5.74, 6) is 1.11. The highest BCUT2D eigenvalue weighted by Gasteiger charge is 2.14. The Balaban J connectivity index is 1.34. The van der Waals surface area contributed by atoms with Gasteiger partial charge in [0.15, 0.2) is 5.13 Å². The van der Waals surface area contributed by atoms with Gasteiger partial charge in [-0.15, -0.1) is 0 Å². The first kappa shape index (κ1) is 21.5. The average molecular weight is 458 g/mol. The predicted octanol–water partition coefficient (Wildman–Crippen LogP) is 4.40. The highest BCUT2D eigenvalue weighted by molar-refractivity contribution is 7.17. The molecule has 1 aromatic carbocycles. The van der Waals surface area contributed by atoms with Crippen LogP contribution in [0, 0.1) is 6.92 Å². The van der Waals surface area contributed by atoms with Gasteiger partial charge in [-0.2, -0.15) is 0 Å². The number of thiazole rings is 1. The summed E-state index contributed by atoms with van der Waals surface area (Å²) in [7, 11) is 0. The van der Waals surface area contributed by atoms with Crippen molar-refractivity contribution in [1.29, 1.82) is 0 Å². The summed E-state index contributed by atoms with van der Waals surface area (Å²) < 4.78 is 0. The average Bonchev–Trinajstić information content (AvgIpc) is 3.43. The minimum absolute atomic E-state index is 0.256. The van der Waals surface area contributed by atoms with Crippen molar-refractivity contribution in [2.24, 2.45) is 0 Å². The van der Waals surface area contributed by atoms with Crippen molar-refractivity contribution in [3.8, 4) is 0 Å². The Morgan fingerprint density at radius 3 is 2.81 bits per heavy atom. The fraction of sp³-hybridized carbons (Fsp3) is 0.333. The molecule has 2 aromatic heterocycles. The van der Waals surface area contributed by atoms with E-state index in [-0.39, 0.29) is 5.91 Å². The van der Waals surface area contributed by atoms with Crippen LogP contribution in [0.15, 0.2) is 36.8 Å². The van der Waals surface area contributed by atoms with Gasteiger partial charge in [0.05, 0.1) is 16.9 Å². The molecule has 3 aromatic rings. The molecule has 162 valence electrons. The number of aromatic nitrogens is 3. The smallest absolute Gasteiger partial charge is 0.267 e. The molecule has 1 aliphatic rings. The van der Waals surface area contributed by atoms with E-state index in [0.717, 1.165) is 24.5 Å². The van der Waals surface area contributed by atoms with Crippen LogP contribution in [0.5, 0.6) is 0 Å². The second kappa shape index (κ2) is 10.0. The molecule has 0 radical (unpaired) electrons. The third-order valence-electron chi connectivity index (χ3n) is 5.02. The van der Waals surface area contributed by atoms with Crippen molar-refractivity contribution in [1.82, 2.24) is 19.9 Å². The number of para-hydroxylation sites is 1. The van der Waals surface area contributed by atoms with Crippen molar-refractivity contribution in [3.63, 3.8) is 0 Å². The predicted molar refractivity (Wildman–Crippen MR) is 126 cm³/mol. The first-order valence-corrected chi connectivity index (χ1v) is 11.4. The molecule has 0 saturated carbocycles. The van der Waals surface area contributed by atoms with E-state index in [1.54, 1.807) is 6.07 Å². The van der Waals surface area contributed by atoms with Gasteiger partial charge >= 0.3 is 0 Å². The van der Waals surface area contributed by atoms with E-state index in [2.05, 4.69) is 35.8 Å². The van der Waals surface area contributed by atoms with Crippen LogP contribution >= 0.6 is 22.9 Å². The summed E-state index contributed by atoms with van der Waals surface area (Å²) in [6, 6.07) is 7.32. The molecule has 0 spiro atoms. The zero-order valence-electron chi connectivity index (χ0n) is 17.2. The maximum absolute atomic E-state index is 12.6. The number of nitrogens with one attached hydrogen (secondary N) is 3. The number of carbonyl (C=O) groups is 1. The minimum atomic E-state index is -0.256. The Hall–Kier alpha value is -2.75. The van der Waals surface area contributed by atoms with Crippen LogP contribution < -0.4 is 16.0 Å². The van der Waals surface area contributed by atoms with Crippen molar-refractivity contribution in [2.45, 2.75) is 19.8 Å². The normalized spacial score (nSPS) is 13.9. The van der Waals surface area contributed by atoms with Gasteiger partial charge < -0.3 is 20.9 Å². The molecule has 31 heavy (non-hydrogen) atoms. The summed E-state index contributed by atoms with van der Waals surface area (Å²) in [6.07, 6.45) is 5.60. The summed E-state index contributed by atoms with van der Waals surface area (Å²) in [4.78, 5) is 28.3. The van der Waals surface area contributed by atoms with Crippen molar-refractivity contribution < 1.29 is 4.79 Å². The zero-order chi connectivity index (χ0) is 21.6. The van der Waals surface area contributed by atoms with E-state index in [1.807, 2.05) is 25.1 Å². The lowest BCUT2D eigenvalue weighted by Crippen LogP contribution is -2.26. The molecule has 0 aliphatic carbocycles. The van der Waals surface area contributed by atoms with Crippen LogP contribution in [0.1, 0.15) is 28.1 Å². The maximum Gasteiger partial charge on any atom is 0.267 e. The number of aryl methyl sites for hydroxylation is 1. The Morgan fingerprint density at radius 2 is 2.00 bits per heavy atom. The highest BCUT2D eigenvalue weighted by atomic mass is 35.5. The zero-order valence-corrected chi connectivity index (χ0v) is 18.8. The number of benzene rings is 1. The Morgan fingerprint density at radius 1 is 1.19 bits per heavy atom. The number of rotatable bonds is 8. The number of amides is 1. The van der Waals surface area contributed by atoms with Crippen LogP contribution in [0.25, 0.3) is 0 Å². The fourth-order valence-corrected chi connectivity index (χ4v) is 4.37. The molecule has 3 heterocycles. The van der Waals surface area contributed by atoms with Crippen molar-refractivity contribution >= 4 is 51.3 Å². The van der Waals surface area contributed by atoms with Crippen LogP contribution in [0.2, 0.25) is 5.02 Å². The second-order valence-electron chi connectivity index (χ2n) is 7.30. The molecule has 1 saturated heterocycles. The Bertz CT molecular complexity index is 1030. The largest absolute Gasteiger partial charge is 0.369 e. The molecule has 0 unspecified atom stereocenters. The molecule has 0 bridgehead atoms. The van der Waals surface area contributed by atoms with Gasteiger partial charge in [0.25, 0.3) is 5.91 Å². The van der Waals surface area contributed by atoms with Gasteiger partial charge in [-0.05, 0) is 44.5 Å². The third-order valence-corrected chi connectivity index (χ3v) is 6.25. The molecule has 8 nitrogen and oxygen atoms in total. The molecular formula is C21H24ClN7OS. The number of hydrogen-bond acceptors (Lipinski definition) is 8. The minimum Gasteiger partial charge on any atom is -0.369 e. The number of hydrogen-bond donors (Lipinski definition) is 3. The fourth-order valence-electron chi connectivity index (χ4n) is 3.38. The summed E-state index contributed by atoms with van der Waals surface area (Å²) >= 11 is 7.44. The summed E-state index contributed by atoms with van der Waals surface area (Å²) in [5.41, 5.74) is 1.51. The Kier molecular flexibility index (Phi) is 6.96. The van der Waals surface area contributed by atoms with Crippen LogP contribution in [0.3, 0.4) is 0 Å². The molecule has 3 N–H and O–H groups in total. The van der Waals surface area contributed by atoms with Gasteiger partial charge in [-0.25, -0.2) is 15.0 Å². The third kappa shape index (κ3) is 5.69. The maximum atomic E-state index is 12.6. The van der Waals surface area contributed by atoms with E-state index in [0.29, 0.717) is 26.5 Å². The first-order valence-electron chi connectivity index (χ1n) is 10.2. The SMILES string of the molecule is Cc1cccc(Cl)c1NC(=O)c1cnc(Nc2cc(NCCN3CCCC3)ncn2)s1. The number of carbonyl (C=O) groups excluding carboxylic acids is 1. The highest BCUT2D eigenvalue weighted by Crippen LogP contribution is 2.28. The molecule has 1 aliphatic heterocycles. The summed E-state index contributed by atoms with van der Waals surface area (Å²) in [6.45, 7) is 6.08. The number of likely N-dealkylation sites (tertiary alicyclic amines) is 1. The lowest BCUT2D eigenvalue weighted by molar-refractivity contribution is 0.103. The van der Waals surface area contributed by atoms with Gasteiger partial charge in [-0.3, -0.25) is 4.79 Å². The van der Waals surface area contributed by atoms with E-state index >= 15 is 0 Å². The quantitative estimate of drug-likeness (QED) is 0.461. The van der Waals surface area contributed by atoms with Gasteiger partial charge in [0.1, 0.15) is 22.8 Å². The molecule has 0 atom stereocenters. The van der Waals surface area contributed by atoms with Gasteiger partial charge in [-0.1, -0.05) is 35.1 Å². The lowest BCUT2D eigenvalue weighted by atomic mass is 10.2.